The molecule has 0 aliphatic carbocycles. The number of nitrogens with one attached hydrogen (secondary N) is 3. The third-order valence-electron chi connectivity index (χ3n) is 5.13. The summed E-state index contributed by atoms with van der Waals surface area (Å²) in [4.78, 5) is 26.4. The molecule has 0 saturated carbocycles. The molecule has 3 N–H and O–H groups in total. The highest BCUT2D eigenvalue weighted by Crippen LogP contribution is 2.19. The lowest BCUT2D eigenvalue weighted by molar-refractivity contribution is -0.128. The Labute approximate surface area is 147 Å². The Morgan fingerprint density at radius 2 is 2.20 bits per heavy atom. The van der Waals surface area contributed by atoms with E-state index < -0.39 is 0 Å². The Kier molecular flexibility index (Phi) is 5.34. The number of amides is 2. The minimum Gasteiger partial charge on any atom is -0.350 e. The van der Waals surface area contributed by atoms with Crippen LogP contribution in [0.3, 0.4) is 0 Å². The second-order valence-corrected chi connectivity index (χ2v) is 6.95. The van der Waals surface area contributed by atoms with Crippen LogP contribution in [0.25, 0.3) is 0 Å². The summed E-state index contributed by atoms with van der Waals surface area (Å²) in [6, 6.07) is 6.01. The Hall–Kier alpha value is -1.99. The van der Waals surface area contributed by atoms with Crippen LogP contribution in [0.4, 0.5) is 4.39 Å². The number of hydrogen-bond acceptors (Lipinski definition) is 4. The summed E-state index contributed by atoms with van der Waals surface area (Å²) in [7, 11) is 0. The van der Waals surface area contributed by atoms with E-state index in [4.69, 9.17) is 0 Å². The van der Waals surface area contributed by atoms with E-state index >= 15 is 0 Å². The molecule has 4 atom stereocenters. The smallest absolute Gasteiger partial charge is 0.239 e. The summed E-state index contributed by atoms with van der Waals surface area (Å²) in [6.45, 7) is 4.94. The van der Waals surface area contributed by atoms with Gasteiger partial charge in [-0.15, -0.1) is 0 Å². The first-order valence-corrected chi connectivity index (χ1v) is 8.81. The summed E-state index contributed by atoms with van der Waals surface area (Å²) in [5, 5.41) is 2.98. The molecule has 0 aromatic heterocycles. The lowest BCUT2D eigenvalue weighted by Gasteiger charge is -2.20. The number of benzene rings is 1. The molecule has 136 valence electrons. The highest BCUT2D eigenvalue weighted by atomic mass is 19.1. The zero-order chi connectivity index (χ0) is 18.0. The van der Waals surface area contributed by atoms with Gasteiger partial charge in [-0.1, -0.05) is 26.0 Å². The highest BCUT2D eigenvalue weighted by molar-refractivity contribution is 5.85. The van der Waals surface area contributed by atoms with Crippen LogP contribution in [0.1, 0.15) is 32.3 Å². The number of carbonyl (C=O) groups is 2. The number of rotatable bonds is 5. The van der Waals surface area contributed by atoms with Crippen molar-refractivity contribution in [2.45, 2.75) is 51.4 Å². The van der Waals surface area contributed by atoms with Gasteiger partial charge in [-0.05, 0) is 30.0 Å². The number of likely N-dealkylation sites (tertiary alicyclic amines) is 1. The minimum atomic E-state index is -0.312. The van der Waals surface area contributed by atoms with Crippen molar-refractivity contribution >= 4 is 11.8 Å². The quantitative estimate of drug-likeness (QED) is 0.740. The molecular formula is C18H25FN4O2. The van der Waals surface area contributed by atoms with E-state index in [1.807, 2.05) is 6.92 Å². The van der Waals surface area contributed by atoms with E-state index in [0.717, 1.165) is 12.0 Å². The number of hydrogen-bond donors (Lipinski definition) is 3. The summed E-state index contributed by atoms with van der Waals surface area (Å²) in [5.41, 5.74) is 6.94. The fourth-order valence-electron chi connectivity index (χ4n) is 3.64. The van der Waals surface area contributed by atoms with E-state index in [0.29, 0.717) is 13.1 Å². The Bertz CT molecular complexity index is 654. The van der Waals surface area contributed by atoms with Gasteiger partial charge in [0.2, 0.25) is 11.8 Å². The van der Waals surface area contributed by atoms with Gasteiger partial charge in [-0.25, -0.2) is 9.82 Å². The van der Waals surface area contributed by atoms with Crippen LogP contribution < -0.4 is 16.2 Å². The van der Waals surface area contributed by atoms with Crippen molar-refractivity contribution in [3.05, 3.63) is 35.6 Å². The van der Waals surface area contributed by atoms with Crippen molar-refractivity contribution in [3.8, 4) is 0 Å². The summed E-state index contributed by atoms with van der Waals surface area (Å²) in [5.74, 6) is -0.230. The lowest BCUT2D eigenvalue weighted by atomic mass is 9.94. The standard InChI is InChI=1S/C18H25FN4O2/c1-3-15-11(2)17(22-21-15)18(25)20-14-8-16(24)23(10-14)9-12-5-4-6-13(19)7-12/h4-7,11,14-15,17,21-22H,3,8-10H2,1-2H3,(H,20,25). The van der Waals surface area contributed by atoms with Crippen molar-refractivity contribution in [1.29, 1.82) is 0 Å². The number of hydrazine groups is 1. The van der Waals surface area contributed by atoms with Crippen LogP contribution in [0, 0.1) is 11.7 Å². The molecule has 3 rings (SSSR count). The van der Waals surface area contributed by atoms with Crippen LogP contribution >= 0.6 is 0 Å². The first kappa shape index (κ1) is 17.8. The fraction of sp³-hybridized carbons (Fsp3) is 0.556. The van der Waals surface area contributed by atoms with Gasteiger partial charge in [-0.2, -0.15) is 0 Å². The maximum atomic E-state index is 13.3. The van der Waals surface area contributed by atoms with Crippen molar-refractivity contribution in [2.24, 2.45) is 5.92 Å². The van der Waals surface area contributed by atoms with Gasteiger partial charge in [0.1, 0.15) is 11.9 Å². The van der Waals surface area contributed by atoms with Crippen LogP contribution in [-0.4, -0.2) is 41.4 Å². The molecule has 4 unspecified atom stereocenters. The predicted molar refractivity (Wildman–Crippen MR) is 91.7 cm³/mol. The van der Waals surface area contributed by atoms with Crippen LogP contribution in [0.5, 0.6) is 0 Å². The molecule has 0 spiro atoms. The maximum absolute atomic E-state index is 13.3. The molecule has 1 aromatic rings. The van der Waals surface area contributed by atoms with Crippen molar-refractivity contribution < 1.29 is 14.0 Å². The fourth-order valence-corrected chi connectivity index (χ4v) is 3.64. The van der Waals surface area contributed by atoms with Gasteiger partial charge >= 0.3 is 0 Å². The van der Waals surface area contributed by atoms with Gasteiger partial charge in [0, 0.05) is 25.6 Å². The average Bonchev–Trinajstić information content (AvgIpc) is 3.10. The molecule has 2 aliphatic heterocycles. The molecule has 2 heterocycles. The number of nitrogens with zero attached hydrogens (tertiary/aromatic N) is 1. The molecule has 25 heavy (non-hydrogen) atoms. The lowest BCUT2D eigenvalue weighted by Crippen LogP contribution is -2.49. The van der Waals surface area contributed by atoms with Gasteiger partial charge < -0.3 is 10.2 Å². The number of carbonyl (C=O) groups excluding carboxylic acids is 2. The Morgan fingerprint density at radius 1 is 1.40 bits per heavy atom. The minimum absolute atomic E-state index is 0.0217. The summed E-state index contributed by atoms with van der Waals surface area (Å²) >= 11 is 0. The van der Waals surface area contributed by atoms with Crippen LogP contribution in [0.15, 0.2) is 24.3 Å². The second-order valence-electron chi connectivity index (χ2n) is 6.95. The molecule has 2 amide bonds. The molecule has 1 aromatic carbocycles. The van der Waals surface area contributed by atoms with Gasteiger partial charge in [0.15, 0.2) is 0 Å². The molecule has 7 heteroatoms. The van der Waals surface area contributed by atoms with E-state index in [1.54, 1.807) is 17.0 Å². The molecule has 0 bridgehead atoms. The zero-order valence-electron chi connectivity index (χ0n) is 14.6. The largest absolute Gasteiger partial charge is 0.350 e. The van der Waals surface area contributed by atoms with Gasteiger partial charge in [0.05, 0.1) is 6.04 Å². The SMILES string of the molecule is CCC1NNC(C(=O)NC2CC(=O)N(Cc3cccc(F)c3)C2)C1C. The molecule has 6 nitrogen and oxygen atoms in total. The second kappa shape index (κ2) is 7.49. The molecule has 2 aliphatic rings. The molecule has 0 radical (unpaired) electrons. The summed E-state index contributed by atoms with van der Waals surface area (Å²) in [6.07, 6.45) is 1.23. The number of halogens is 1. The predicted octanol–water partition coefficient (Wildman–Crippen LogP) is 0.934. The normalized spacial score (nSPS) is 29.2. The van der Waals surface area contributed by atoms with E-state index in [2.05, 4.69) is 23.1 Å². The third-order valence-corrected chi connectivity index (χ3v) is 5.13. The first-order valence-electron chi connectivity index (χ1n) is 8.81. The van der Waals surface area contributed by atoms with Crippen molar-refractivity contribution in [3.63, 3.8) is 0 Å². The van der Waals surface area contributed by atoms with Crippen molar-refractivity contribution in [1.82, 2.24) is 21.1 Å². The average molecular weight is 348 g/mol. The van der Waals surface area contributed by atoms with E-state index in [1.165, 1.54) is 12.1 Å². The van der Waals surface area contributed by atoms with Gasteiger partial charge in [-0.3, -0.25) is 15.0 Å². The molecule has 2 saturated heterocycles. The van der Waals surface area contributed by atoms with Crippen LogP contribution in [-0.2, 0) is 16.1 Å². The maximum Gasteiger partial charge on any atom is 0.239 e. The van der Waals surface area contributed by atoms with Crippen molar-refractivity contribution in [2.75, 3.05) is 6.54 Å². The van der Waals surface area contributed by atoms with Gasteiger partial charge in [0.25, 0.3) is 0 Å². The molecule has 2 fully saturated rings. The van der Waals surface area contributed by atoms with E-state index in [9.17, 15) is 14.0 Å². The first-order chi connectivity index (χ1) is 12.0. The summed E-state index contributed by atoms with van der Waals surface area (Å²) < 4.78 is 13.3. The molecular weight excluding hydrogens is 323 g/mol. The Balaban J connectivity index is 1.55. The van der Waals surface area contributed by atoms with Crippen LogP contribution in [0.2, 0.25) is 0 Å². The topological polar surface area (TPSA) is 73.5 Å². The monoisotopic (exact) mass is 348 g/mol. The van der Waals surface area contributed by atoms with E-state index in [-0.39, 0.29) is 48.1 Å². The zero-order valence-corrected chi connectivity index (χ0v) is 14.6. The highest BCUT2D eigenvalue weighted by Gasteiger charge is 2.38. The third kappa shape index (κ3) is 3.99. The Morgan fingerprint density at radius 3 is 2.88 bits per heavy atom.